The van der Waals surface area contributed by atoms with Gasteiger partial charge in [0.15, 0.2) is 0 Å². The molecule has 45 heavy (non-hydrogen) atoms. The van der Waals surface area contributed by atoms with Crippen LogP contribution in [-0.4, -0.2) is 52.3 Å². The number of hydrogen-bond acceptors (Lipinski definition) is 4. The minimum absolute atomic E-state index is 0. The van der Waals surface area contributed by atoms with E-state index >= 15 is 4.39 Å². The van der Waals surface area contributed by atoms with Crippen molar-refractivity contribution in [3.8, 4) is 11.1 Å². The van der Waals surface area contributed by atoms with Gasteiger partial charge in [-0.15, -0.1) is 0 Å². The fourth-order valence-electron chi connectivity index (χ4n) is 5.95. The number of aryl methyl sites for hydroxylation is 3. The Labute approximate surface area is 268 Å². The van der Waals surface area contributed by atoms with E-state index in [2.05, 4.69) is 5.32 Å². The molecule has 0 aliphatic carbocycles. The quantitative estimate of drug-likeness (QED) is 0.254. The fraction of sp³-hybridized carbons (Fsp3) is 0.441. The maximum absolute atomic E-state index is 15.7. The molecule has 2 N–H and O–H groups in total. The van der Waals surface area contributed by atoms with E-state index in [0.29, 0.717) is 48.3 Å². The Morgan fingerprint density at radius 1 is 1.02 bits per heavy atom. The van der Waals surface area contributed by atoms with E-state index in [1.54, 1.807) is 39.1 Å². The van der Waals surface area contributed by atoms with Crippen molar-refractivity contribution in [2.75, 3.05) is 19.6 Å². The van der Waals surface area contributed by atoms with Gasteiger partial charge in [0.1, 0.15) is 23.8 Å². The van der Waals surface area contributed by atoms with Crippen LogP contribution in [-0.2, 0) is 16.0 Å². The fourth-order valence-corrected chi connectivity index (χ4v) is 5.95. The van der Waals surface area contributed by atoms with Gasteiger partial charge in [0.05, 0.1) is 12.5 Å². The zero-order valence-electron chi connectivity index (χ0n) is 26.3. The van der Waals surface area contributed by atoms with Crippen molar-refractivity contribution >= 4 is 25.4 Å². The number of carboxylic acid groups (broad SMARTS) is 1. The molecule has 7 nitrogen and oxygen atoms in total. The number of alkyl halides is 1. The Hall–Kier alpha value is -3.57. The molecule has 2 heterocycles. The number of halogens is 3. The van der Waals surface area contributed by atoms with Crippen molar-refractivity contribution in [3.05, 3.63) is 92.4 Å². The second-order valence-electron chi connectivity index (χ2n) is 12.3. The van der Waals surface area contributed by atoms with Crippen LogP contribution >= 0.6 is 13.5 Å². The van der Waals surface area contributed by atoms with Gasteiger partial charge in [-0.05, 0) is 97.2 Å². The zero-order chi connectivity index (χ0) is 32.3. The molecule has 0 radical (unpaired) electrons. The monoisotopic (exact) mass is 645 g/mol. The normalized spacial score (nSPS) is 14.9. The Morgan fingerprint density at radius 3 is 2.24 bits per heavy atom. The number of carbonyl (C=O) groups is 2. The number of pyridine rings is 1. The van der Waals surface area contributed by atoms with E-state index in [0.717, 1.165) is 5.56 Å². The predicted octanol–water partition coefficient (Wildman–Crippen LogP) is 5.95. The lowest BCUT2D eigenvalue weighted by atomic mass is 9.90. The third-order valence-electron chi connectivity index (χ3n) is 8.10. The van der Waals surface area contributed by atoms with Crippen molar-refractivity contribution in [1.29, 1.82) is 0 Å². The number of nitrogens with one attached hydrogen (secondary N) is 1. The molecule has 1 saturated heterocycles. The molecule has 0 saturated carbocycles. The van der Waals surface area contributed by atoms with Gasteiger partial charge in [0, 0.05) is 37.5 Å². The second kappa shape index (κ2) is 15.1. The van der Waals surface area contributed by atoms with Crippen LogP contribution in [0.3, 0.4) is 0 Å². The van der Waals surface area contributed by atoms with Crippen LogP contribution in [0.5, 0.6) is 0 Å². The van der Waals surface area contributed by atoms with Gasteiger partial charge in [-0.3, -0.25) is 19.3 Å². The predicted molar refractivity (Wildman–Crippen MR) is 174 cm³/mol. The van der Waals surface area contributed by atoms with Gasteiger partial charge < -0.3 is 15.0 Å². The minimum Gasteiger partial charge on any atom is -0.481 e. The van der Waals surface area contributed by atoms with Crippen LogP contribution in [0.1, 0.15) is 66.6 Å². The number of carboxylic acids is 1. The van der Waals surface area contributed by atoms with Crippen LogP contribution in [0.4, 0.5) is 13.2 Å². The Kier molecular flexibility index (Phi) is 12.1. The number of hydrogen-bond donors (Lipinski definition) is 2. The highest BCUT2D eigenvalue weighted by Crippen LogP contribution is 2.34. The van der Waals surface area contributed by atoms with Crippen molar-refractivity contribution in [3.63, 3.8) is 0 Å². The number of rotatable bonds is 12. The molecule has 1 aromatic heterocycles. The summed E-state index contributed by atoms with van der Waals surface area (Å²) >= 11 is 0. The Balaban J connectivity index is 0.00000552. The Bertz CT molecular complexity index is 1580. The van der Waals surface area contributed by atoms with Crippen molar-refractivity contribution in [2.45, 2.75) is 72.1 Å². The van der Waals surface area contributed by atoms with Gasteiger partial charge in [0.2, 0.25) is 5.91 Å². The first kappa shape index (κ1) is 35.9. The first-order valence-electron chi connectivity index (χ1n) is 14.9. The summed E-state index contributed by atoms with van der Waals surface area (Å²) in [4.78, 5) is 40.8. The first-order chi connectivity index (χ1) is 20.7. The van der Waals surface area contributed by atoms with Crippen molar-refractivity contribution in [2.24, 2.45) is 5.92 Å². The molecular weight excluding hydrogens is 603 g/mol. The summed E-state index contributed by atoms with van der Waals surface area (Å²) in [6, 6.07) is 6.73. The smallest absolute Gasteiger partial charge is 0.305 e. The number of benzene rings is 2. The van der Waals surface area contributed by atoms with E-state index in [1.807, 2.05) is 18.7 Å². The summed E-state index contributed by atoms with van der Waals surface area (Å²) in [6.45, 7) is 10.2. The maximum Gasteiger partial charge on any atom is 0.305 e. The van der Waals surface area contributed by atoms with Crippen molar-refractivity contribution < 1.29 is 27.9 Å². The average molecular weight is 646 g/mol. The molecule has 4 rings (SSSR count). The van der Waals surface area contributed by atoms with Gasteiger partial charge >= 0.3 is 5.97 Å². The number of likely N-dealkylation sites (tertiary alicyclic amines) is 1. The van der Waals surface area contributed by atoms with Crippen LogP contribution in [0.15, 0.2) is 47.4 Å². The van der Waals surface area contributed by atoms with Gasteiger partial charge in [-0.25, -0.2) is 13.2 Å². The van der Waals surface area contributed by atoms with E-state index in [1.165, 1.54) is 28.8 Å². The van der Waals surface area contributed by atoms with Crippen LogP contribution in [0, 0.1) is 38.3 Å². The molecule has 2 aromatic carbocycles. The summed E-state index contributed by atoms with van der Waals surface area (Å²) in [7, 11) is 0. The third kappa shape index (κ3) is 8.79. The molecular formula is C34H42F3N3O4S. The molecule has 1 amide bonds. The summed E-state index contributed by atoms with van der Waals surface area (Å²) in [5.41, 5.74) is 3.16. The lowest BCUT2D eigenvalue weighted by Gasteiger charge is -2.34. The highest BCUT2D eigenvalue weighted by atomic mass is 32.1. The molecule has 2 atom stereocenters. The van der Waals surface area contributed by atoms with Crippen molar-refractivity contribution in [1.82, 2.24) is 14.8 Å². The van der Waals surface area contributed by atoms with Crippen LogP contribution < -0.4 is 10.9 Å². The molecule has 3 aromatic rings. The van der Waals surface area contributed by atoms with E-state index in [9.17, 15) is 28.3 Å². The van der Waals surface area contributed by atoms with Gasteiger partial charge in [-0.1, -0.05) is 19.9 Å². The summed E-state index contributed by atoms with van der Waals surface area (Å²) in [5, 5.41) is 12.5. The molecule has 1 unspecified atom stereocenters. The second-order valence-corrected chi connectivity index (χ2v) is 12.3. The molecule has 0 spiro atoms. The summed E-state index contributed by atoms with van der Waals surface area (Å²) < 4.78 is 44.3. The SMILES string of the molecule is Cc1cc(-c2c(C)cc(F)cc2C)cc([C@H](CC(=O)O)NC(=O)C(CC(C)C)n2cc(CCN3CC(F)C3)ccc2=O)c1F.S. The maximum atomic E-state index is 15.7. The standard InChI is InChI=1S/C34H40F3N3O4.H2S/c1-19(2)10-29(40-16-23(6-7-30(40)41)8-9-39-17-26(36)18-39)34(44)38-28(15-31(42)43)27-14-24(11-22(5)33(27)37)32-20(3)12-25(35)13-21(32)4;/h6-7,11-14,16,19,26,28-29H,8-10,15,17-18H2,1-5H3,(H,38,44)(H,42,43);1H2/t28-,29?;/m0./s1. The van der Waals surface area contributed by atoms with E-state index in [-0.39, 0.29) is 37.0 Å². The minimum atomic E-state index is -1.24. The average Bonchev–Trinajstić information content (AvgIpc) is 2.90. The molecule has 1 aliphatic heterocycles. The number of aliphatic carboxylic acids is 1. The van der Waals surface area contributed by atoms with Gasteiger partial charge in [-0.2, -0.15) is 13.5 Å². The zero-order valence-corrected chi connectivity index (χ0v) is 27.3. The van der Waals surface area contributed by atoms with E-state index in [4.69, 9.17) is 0 Å². The molecule has 1 fully saturated rings. The largest absolute Gasteiger partial charge is 0.481 e. The highest BCUT2D eigenvalue weighted by Gasteiger charge is 2.30. The molecule has 11 heteroatoms. The number of amides is 1. The lowest BCUT2D eigenvalue weighted by Crippen LogP contribution is -2.49. The third-order valence-corrected chi connectivity index (χ3v) is 8.10. The molecule has 1 aliphatic rings. The van der Waals surface area contributed by atoms with Crippen LogP contribution in [0.2, 0.25) is 0 Å². The lowest BCUT2D eigenvalue weighted by molar-refractivity contribution is -0.138. The first-order valence-corrected chi connectivity index (χ1v) is 14.9. The summed E-state index contributed by atoms with van der Waals surface area (Å²) in [6.07, 6.45) is 1.05. The number of aromatic nitrogens is 1. The number of carbonyl (C=O) groups excluding carboxylic acids is 1. The molecule has 244 valence electrons. The molecule has 0 bridgehead atoms. The Morgan fingerprint density at radius 2 is 1.67 bits per heavy atom. The van der Waals surface area contributed by atoms with Crippen LogP contribution in [0.25, 0.3) is 11.1 Å². The van der Waals surface area contributed by atoms with Gasteiger partial charge in [0.25, 0.3) is 5.56 Å². The topological polar surface area (TPSA) is 91.6 Å². The van der Waals surface area contributed by atoms with E-state index < -0.39 is 53.7 Å². The highest BCUT2D eigenvalue weighted by molar-refractivity contribution is 7.59. The summed E-state index contributed by atoms with van der Waals surface area (Å²) in [5.74, 6) is -2.91. The number of nitrogens with zero attached hydrogens (tertiary/aromatic N) is 2.